The quantitative estimate of drug-likeness (QED) is 0.153. The topological polar surface area (TPSA) is 44.8 Å². The molecular weight excluding hydrogens is 656 g/mol. The van der Waals surface area contributed by atoms with Crippen LogP contribution in [0.25, 0.3) is 0 Å². The minimum atomic E-state index is -2.60. The van der Waals surface area contributed by atoms with Crippen LogP contribution >= 0.6 is 0 Å². The summed E-state index contributed by atoms with van der Waals surface area (Å²) >= 11 is 0. The number of fused-ring (bicyclic) bond motifs is 8. The maximum atomic E-state index is 11.7. The van der Waals surface area contributed by atoms with Gasteiger partial charge >= 0.3 is 12.6 Å². The van der Waals surface area contributed by atoms with Crippen molar-refractivity contribution in [3.63, 3.8) is 0 Å². The Morgan fingerprint density at radius 3 is 1.47 bits per heavy atom. The van der Waals surface area contributed by atoms with E-state index in [0.717, 1.165) is 54.3 Å². The molecule has 0 amide bonds. The summed E-state index contributed by atoms with van der Waals surface area (Å²) in [6.45, 7) is 1.41. The number of benzene rings is 1. The van der Waals surface area contributed by atoms with Gasteiger partial charge in [0.2, 0.25) is 0 Å². The van der Waals surface area contributed by atoms with Gasteiger partial charge in [-0.05, 0) is 134 Å². The third-order valence-electron chi connectivity index (χ3n) is 12.2. The fourth-order valence-corrected chi connectivity index (χ4v) is 9.70. The van der Waals surface area contributed by atoms with Gasteiger partial charge in [0, 0.05) is 14.0 Å². The van der Waals surface area contributed by atoms with Crippen molar-refractivity contribution in [1.82, 2.24) is 0 Å². The first-order chi connectivity index (χ1) is 24.2. The molecule has 0 spiro atoms. The van der Waals surface area contributed by atoms with Crippen molar-refractivity contribution in [2.24, 2.45) is 71.0 Å². The number of hydrogen-bond acceptors (Lipinski definition) is 4. The highest BCUT2D eigenvalue weighted by molar-refractivity contribution is 5.65. The van der Waals surface area contributed by atoms with Gasteiger partial charge < -0.3 is 14.2 Å². The van der Waals surface area contributed by atoms with E-state index in [1.165, 1.54) is 64.5 Å². The molecule has 0 radical (unpaired) electrons. The zero-order valence-electron chi connectivity index (χ0n) is 30.7. The molecule has 8 bridgehead atoms. The van der Waals surface area contributed by atoms with Crippen molar-refractivity contribution in [3.05, 3.63) is 84.5 Å². The van der Waals surface area contributed by atoms with E-state index in [9.17, 15) is 18.0 Å². The number of methoxy groups -OCH3 is 1. The lowest BCUT2D eigenvalue weighted by atomic mass is 9.88. The van der Waals surface area contributed by atoms with Gasteiger partial charge in [0.05, 0.1) is 13.2 Å². The van der Waals surface area contributed by atoms with Gasteiger partial charge in [0.1, 0.15) is 0 Å². The molecule has 8 aliphatic carbocycles. The average molecular weight is 717 g/mol. The smallest absolute Gasteiger partial charge is 0.345 e. The predicted molar refractivity (Wildman–Crippen MR) is 195 cm³/mol. The summed E-state index contributed by atoms with van der Waals surface area (Å²) in [4.78, 5) is 10.6. The molecule has 8 heteroatoms. The third kappa shape index (κ3) is 12.4. The highest BCUT2D eigenvalue weighted by Gasteiger charge is 2.37. The van der Waals surface area contributed by atoms with E-state index in [4.69, 9.17) is 4.74 Å². The van der Waals surface area contributed by atoms with Gasteiger partial charge in [-0.15, -0.1) is 0 Å². The second-order valence-corrected chi connectivity index (χ2v) is 15.9. The summed E-state index contributed by atoms with van der Waals surface area (Å²) in [6, 6.07) is 10.9. The van der Waals surface area contributed by atoms with Crippen LogP contribution in [0.3, 0.4) is 0 Å². The van der Waals surface area contributed by atoms with E-state index in [1.54, 1.807) is 0 Å². The van der Waals surface area contributed by atoms with Crippen molar-refractivity contribution in [3.8, 4) is 0 Å². The van der Waals surface area contributed by atoms with Crippen molar-refractivity contribution in [1.29, 1.82) is 0 Å². The molecule has 0 saturated heterocycles. The zero-order valence-corrected chi connectivity index (χ0v) is 30.7. The number of halogens is 4. The molecule has 1 aromatic carbocycles. The molecule has 0 aromatic heterocycles. The van der Waals surface area contributed by atoms with Crippen LogP contribution in [0.5, 0.6) is 0 Å². The summed E-state index contributed by atoms with van der Waals surface area (Å²) in [7, 11) is 1.31. The van der Waals surface area contributed by atoms with Crippen molar-refractivity contribution >= 4 is 5.97 Å². The molecule has 4 fully saturated rings. The molecule has 12 atom stereocenters. The number of rotatable bonds is 8. The predicted octanol–water partition coefficient (Wildman–Crippen LogP) is 10.6. The monoisotopic (exact) mass is 716 g/mol. The Morgan fingerprint density at radius 1 is 0.686 bits per heavy atom. The molecule has 9 rings (SSSR count). The average Bonchev–Trinajstić information content (AvgIpc) is 3.98. The van der Waals surface area contributed by atoms with E-state index in [0.29, 0.717) is 36.2 Å². The number of allylic oxidation sites excluding steroid dienone is 8. The molecule has 12 unspecified atom stereocenters. The maximum absolute atomic E-state index is 11.7. The van der Waals surface area contributed by atoms with Crippen molar-refractivity contribution in [2.45, 2.75) is 78.2 Å². The fourth-order valence-electron chi connectivity index (χ4n) is 9.70. The van der Waals surface area contributed by atoms with Gasteiger partial charge in [0.25, 0.3) is 0 Å². The van der Waals surface area contributed by atoms with E-state index in [1.807, 2.05) is 0 Å². The Bertz CT molecular complexity index is 1300. The normalized spacial score (nSPS) is 35.7. The molecule has 0 N–H and O–H groups in total. The molecule has 4 saturated carbocycles. The number of carbonyl (C=O) groups is 1. The van der Waals surface area contributed by atoms with Crippen LogP contribution in [0, 0.1) is 71.0 Å². The van der Waals surface area contributed by atoms with Gasteiger partial charge in [-0.2, -0.15) is 8.78 Å². The number of alkyl halides is 3. The van der Waals surface area contributed by atoms with Gasteiger partial charge in [-0.1, -0.05) is 85.9 Å². The molecule has 1 aromatic rings. The van der Waals surface area contributed by atoms with Crippen molar-refractivity contribution < 1.29 is 36.9 Å². The lowest BCUT2D eigenvalue weighted by molar-refractivity contribution is -0.142. The Balaban J connectivity index is 0.000000148. The summed E-state index contributed by atoms with van der Waals surface area (Å²) in [5.41, 5.74) is 1.51. The number of esters is 1. The molecule has 0 heterocycles. The molecule has 0 aliphatic heterocycles. The Kier molecular flexibility index (Phi) is 16.5. The first-order valence-corrected chi connectivity index (χ1v) is 19.1. The minimum Gasteiger partial charge on any atom is -0.466 e. The van der Waals surface area contributed by atoms with E-state index in [2.05, 4.69) is 95.3 Å². The lowest BCUT2D eigenvalue weighted by Gasteiger charge is -2.17. The van der Waals surface area contributed by atoms with Gasteiger partial charge in [0.15, 0.2) is 6.86 Å². The highest BCUT2D eigenvalue weighted by Crippen LogP contribution is 2.46. The fraction of sp³-hybridized carbons (Fsp3) is 0.651. The number of hydrogen-bond donors (Lipinski definition) is 0. The Morgan fingerprint density at radius 2 is 1.14 bits per heavy atom. The van der Waals surface area contributed by atoms with Crippen molar-refractivity contribution in [2.75, 3.05) is 27.2 Å². The summed E-state index contributed by atoms with van der Waals surface area (Å²) in [5, 5.41) is 0. The van der Waals surface area contributed by atoms with E-state index in [-0.39, 0.29) is 17.3 Å². The summed E-state index contributed by atoms with van der Waals surface area (Å²) in [5.74, 6) is 9.04. The first-order valence-electron chi connectivity index (χ1n) is 19.1. The standard InChI is InChI=1S/C14H16.C10H14O2.C9H12F2O.C8H12.C2H5FO.FH/c1-2-4-11(5-3-1)8-14-10-12-6-7-13(14)9-12;1-7(11)12-6-10-5-8-2-3-9(10)4-8;10-9(11)12-5-8-4-6-1-2-7(8)3-6;1-6-4-7-2-3-8(6)5-7;1-4-2-3;/h1-7,12-14H,8-10H2;2-3,8-10H,4-6H2,1H3;1-2,6-9H,3-5H2;2-3,6-8H,4-5H2,1H3;2H2,1H3;1H. The number of carbonyl (C=O) groups excluding carboxylic acids is 1. The second kappa shape index (κ2) is 20.5. The van der Waals surface area contributed by atoms with Crippen LogP contribution < -0.4 is 0 Å². The highest BCUT2D eigenvalue weighted by atomic mass is 19.3. The van der Waals surface area contributed by atoms with Crippen LogP contribution in [0.15, 0.2) is 78.9 Å². The second-order valence-electron chi connectivity index (χ2n) is 15.9. The zero-order chi connectivity index (χ0) is 35.5. The van der Waals surface area contributed by atoms with E-state index >= 15 is 0 Å². The van der Waals surface area contributed by atoms with Crippen LogP contribution in [0.4, 0.5) is 17.9 Å². The largest absolute Gasteiger partial charge is 0.466 e. The summed E-state index contributed by atoms with van der Waals surface area (Å²) < 4.78 is 47.1. The van der Waals surface area contributed by atoms with Crippen LogP contribution in [-0.4, -0.2) is 39.8 Å². The SMILES string of the molecule is C1=CC2CC1CC2Cc1ccccc1.CC(=O)OCC1CC2C=CC1C2.CC1CC2C=CC1C2.COCF.F.FC(F)OCC1CC2C=CC1C2. The minimum absolute atomic E-state index is 0. The lowest BCUT2D eigenvalue weighted by Crippen LogP contribution is -2.16. The summed E-state index contributed by atoms with van der Waals surface area (Å²) in [6.07, 6.45) is 30.3. The number of ether oxygens (including phenoxy) is 3. The molecule has 284 valence electrons. The van der Waals surface area contributed by atoms with Gasteiger partial charge in [-0.25, -0.2) is 4.39 Å². The molecular formula is C43H60F4O4. The Hall–Kier alpha value is -2.71. The molecule has 4 nitrogen and oxygen atoms in total. The van der Waals surface area contributed by atoms with Gasteiger partial charge in [-0.3, -0.25) is 9.50 Å². The van der Waals surface area contributed by atoms with Crippen LogP contribution in [0.2, 0.25) is 0 Å². The Labute approximate surface area is 303 Å². The first kappa shape index (κ1) is 41.1. The van der Waals surface area contributed by atoms with Crippen LogP contribution in [-0.2, 0) is 25.4 Å². The third-order valence-corrected chi connectivity index (χ3v) is 12.2. The molecule has 8 aliphatic rings. The van der Waals surface area contributed by atoms with Crippen LogP contribution in [0.1, 0.15) is 70.8 Å². The maximum Gasteiger partial charge on any atom is 0.345 e. The van der Waals surface area contributed by atoms with E-state index < -0.39 is 13.5 Å². The molecule has 51 heavy (non-hydrogen) atoms.